The molecule has 0 saturated heterocycles. The van der Waals surface area contributed by atoms with Gasteiger partial charge in [0.05, 0.1) is 4.88 Å². The summed E-state index contributed by atoms with van der Waals surface area (Å²) < 4.78 is 89.6. The highest BCUT2D eigenvalue weighted by atomic mass is 32.2. The van der Waals surface area contributed by atoms with Crippen LogP contribution in [0.5, 0.6) is 0 Å². The number of hydrogen-bond donors (Lipinski definition) is 2. The molecule has 0 saturated carbocycles. The molecular weight excluding hydrogens is 453 g/mol. The molecule has 0 unspecified atom stereocenters. The van der Waals surface area contributed by atoms with Crippen LogP contribution in [0, 0.1) is 0 Å². The van der Waals surface area contributed by atoms with Gasteiger partial charge in [0.15, 0.2) is 5.11 Å². The summed E-state index contributed by atoms with van der Waals surface area (Å²) in [5.74, 6) is -6.76. The molecule has 0 bridgehead atoms. The van der Waals surface area contributed by atoms with Crippen LogP contribution >= 0.6 is 35.3 Å². The van der Waals surface area contributed by atoms with Crippen molar-refractivity contribution in [2.45, 2.75) is 22.2 Å². The van der Waals surface area contributed by atoms with Gasteiger partial charge >= 0.3 is 17.4 Å². The molecule has 0 atom stereocenters. The summed E-state index contributed by atoms with van der Waals surface area (Å²) in [6.07, 6.45) is -6.41. The van der Waals surface area contributed by atoms with E-state index >= 15 is 0 Å². The van der Waals surface area contributed by atoms with Crippen molar-refractivity contribution in [2.75, 3.05) is 5.32 Å². The van der Waals surface area contributed by atoms with Gasteiger partial charge in [-0.2, -0.15) is 30.7 Å². The highest BCUT2D eigenvalue weighted by molar-refractivity contribution is 8.00. The second kappa shape index (κ2) is 8.25. The molecule has 0 spiro atoms. The van der Waals surface area contributed by atoms with Gasteiger partial charge in [-0.05, 0) is 53.6 Å². The molecular formula is C15H9F7N2OS3. The first kappa shape index (κ1) is 22.4. The highest BCUT2D eigenvalue weighted by Gasteiger charge is 2.73. The van der Waals surface area contributed by atoms with Gasteiger partial charge in [0.1, 0.15) is 0 Å². The summed E-state index contributed by atoms with van der Waals surface area (Å²) in [5.41, 5.74) is 0.00704. The van der Waals surface area contributed by atoms with Gasteiger partial charge in [-0.3, -0.25) is 10.1 Å². The van der Waals surface area contributed by atoms with E-state index in [4.69, 9.17) is 12.2 Å². The number of benzene rings is 1. The maximum Gasteiger partial charge on any atom is 0.460 e. The van der Waals surface area contributed by atoms with Crippen molar-refractivity contribution in [3.63, 3.8) is 0 Å². The fourth-order valence-corrected chi connectivity index (χ4v) is 3.45. The van der Waals surface area contributed by atoms with E-state index in [0.717, 1.165) is 29.5 Å². The lowest BCUT2D eigenvalue weighted by Crippen LogP contribution is -2.49. The third kappa shape index (κ3) is 5.14. The predicted molar refractivity (Wildman–Crippen MR) is 96.3 cm³/mol. The number of rotatable bonds is 5. The molecule has 28 heavy (non-hydrogen) atoms. The van der Waals surface area contributed by atoms with Crippen molar-refractivity contribution >= 4 is 52.0 Å². The SMILES string of the molecule is O=C(NC(=S)Nc1cccc(SC(F)(F)C(F)(F)C(F)(F)F)c1)c1cccs1. The van der Waals surface area contributed by atoms with E-state index < -0.39 is 39.9 Å². The van der Waals surface area contributed by atoms with Gasteiger partial charge in [0, 0.05) is 10.6 Å². The first-order valence-corrected chi connectivity index (χ1v) is 9.21. The molecule has 2 N–H and O–H groups in total. The van der Waals surface area contributed by atoms with Crippen LogP contribution < -0.4 is 10.6 Å². The topological polar surface area (TPSA) is 41.1 Å². The number of anilines is 1. The van der Waals surface area contributed by atoms with Crippen molar-refractivity contribution in [3.05, 3.63) is 46.7 Å². The Bertz CT molecular complexity index is 854. The summed E-state index contributed by atoms with van der Waals surface area (Å²) in [7, 11) is 0. The van der Waals surface area contributed by atoms with Gasteiger partial charge in [-0.1, -0.05) is 12.1 Å². The molecule has 2 rings (SSSR count). The van der Waals surface area contributed by atoms with Crippen LogP contribution in [0.15, 0.2) is 46.7 Å². The van der Waals surface area contributed by atoms with Crippen LogP contribution in [0.2, 0.25) is 0 Å². The Labute approximate surface area is 167 Å². The number of carbonyl (C=O) groups excluding carboxylic acids is 1. The van der Waals surface area contributed by atoms with Crippen molar-refractivity contribution < 1.29 is 35.5 Å². The largest absolute Gasteiger partial charge is 0.460 e. The zero-order valence-electron chi connectivity index (χ0n) is 13.3. The zero-order valence-corrected chi connectivity index (χ0v) is 15.8. The lowest BCUT2D eigenvalue weighted by atomic mass is 10.3. The number of thiocarbonyl (C=S) groups is 1. The minimum absolute atomic E-state index is 0.00704. The monoisotopic (exact) mass is 462 g/mol. The quantitative estimate of drug-likeness (QED) is 0.337. The number of hydrogen-bond acceptors (Lipinski definition) is 4. The number of nitrogens with one attached hydrogen (secondary N) is 2. The molecule has 1 aromatic heterocycles. The standard InChI is InChI=1S/C15H9F7N2OS3/c16-13(17,14(18,19)20)15(21,22)28-9-4-1-3-8(7-9)23-12(26)24-11(25)10-5-2-6-27-10/h1-7H,(H2,23,24,25,26). The van der Waals surface area contributed by atoms with E-state index in [2.05, 4.69) is 10.6 Å². The maximum atomic E-state index is 13.5. The Morgan fingerprint density at radius 2 is 1.71 bits per heavy atom. The highest BCUT2D eigenvalue weighted by Crippen LogP contribution is 2.53. The summed E-state index contributed by atoms with van der Waals surface area (Å²) in [6, 6.07) is 7.44. The van der Waals surface area contributed by atoms with E-state index in [1.807, 2.05) is 0 Å². The Morgan fingerprint density at radius 1 is 1.04 bits per heavy atom. The normalized spacial score (nSPS) is 12.5. The zero-order chi connectivity index (χ0) is 21.2. The third-order valence-corrected chi connectivity index (χ3v) is 5.11. The van der Waals surface area contributed by atoms with E-state index in [9.17, 15) is 35.5 Å². The number of alkyl halides is 7. The smallest absolute Gasteiger partial charge is 0.332 e. The fourth-order valence-electron chi connectivity index (χ4n) is 1.75. The third-order valence-electron chi connectivity index (χ3n) is 3.03. The Balaban J connectivity index is 2.07. The molecule has 1 heterocycles. The van der Waals surface area contributed by atoms with Crippen LogP contribution in [0.4, 0.5) is 36.4 Å². The Morgan fingerprint density at radius 3 is 2.29 bits per heavy atom. The summed E-state index contributed by atoms with van der Waals surface area (Å²) in [6.45, 7) is 0. The van der Waals surface area contributed by atoms with Crippen molar-refractivity contribution in [1.82, 2.24) is 5.32 Å². The van der Waals surface area contributed by atoms with Crippen LogP contribution in [0.25, 0.3) is 0 Å². The maximum absolute atomic E-state index is 13.5. The Hall–Kier alpha value is -1.86. The first-order chi connectivity index (χ1) is 12.8. The summed E-state index contributed by atoms with van der Waals surface area (Å²) in [4.78, 5) is 11.6. The molecule has 0 aliphatic carbocycles. The lowest BCUT2D eigenvalue weighted by Gasteiger charge is -2.27. The van der Waals surface area contributed by atoms with Gasteiger partial charge in [0.2, 0.25) is 0 Å². The number of thioether (sulfide) groups is 1. The number of amides is 1. The van der Waals surface area contributed by atoms with Gasteiger partial charge < -0.3 is 5.32 Å². The van der Waals surface area contributed by atoms with Crippen LogP contribution in [0.1, 0.15) is 9.67 Å². The first-order valence-electron chi connectivity index (χ1n) is 7.11. The number of thiophene rings is 1. The minimum Gasteiger partial charge on any atom is -0.332 e. The van der Waals surface area contributed by atoms with E-state index in [0.29, 0.717) is 4.88 Å². The van der Waals surface area contributed by atoms with E-state index in [1.165, 1.54) is 12.1 Å². The average Bonchev–Trinajstić information content (AvgIpc) is 3.07. The molecule has 1 aromatic carbocycles. The van der Waals surface area contributed by atoms with Crippen molar-refractivity contribution in [2.24, 2.45) is 0 Å². The predicted octanol–water partition coefficient (Wildman–Crippen LogP) is 5.76. The summed E-state index contributed by atoms with van der Waals surface area (Å²) in [5, 5.41) is 0.785. The van der Waals surface area contributed by atoms with Crippen LogP contribution in [-0.4, -0.2) is 28.4 Å². The molecule has 0 aliphatic rings. The lowest BCUT2D eigenvalue weighted by molar-refractivity contribution is -0.330. The van der Waals surface area contributed by atoms with Crippen molar-refractivity contribution in [3.8, 4) is 0 Å². The molecule has 2 aromatic rings. The average molecular weight is 462 g/mol. The van der Waals surface area contributed by atoms with E-state index in [1.54, 1.807) is 11.4 Å². The fraction of sp³-hybridized carbons (Fsp3) is 0.200. The molecule has 152 valence electrons. The van der Waals surface area contributed by atoms with Gasteiger partial charge in [-0.25, -0.2) is 0 Å². The van der Waals surface area contributed by atoms with Crippen LogP contribution in [-0.2, 0) is 0 Å². The molecule has 1 amide bonds. The van der Waals surface area contributed by atoms with Gasteiger partial charge in [-0.15, -0.1) is 11.3 Å². The second-order valence-electron chi connectivity index (χ2n) is 5.10. The molecule has 0 aliphatic heterocycles. The molecule has 3 nitrogen and oxygen atoms in total. The molecule has 13 heteroatoms. The van der Waals surface area contributed by atoms with Gasteiger partial charge in [0.25, 0.3) is 5.91 Å². The Kier molecular flexibility index (Phi) is 6.61. The summed E-state index contributed by atoms with van der Waals surface area (Å²) >= 11 is 5.09. The number of halogens is 7. The minimum atomic E-state index is -6.41. The van der Waals surface area contributed by atoms with Crippen molar-refractivity contribution in [1.29, 1.82) is 0 Å². The number of carbonyl (C=O) groups is 1. The second-order valence-corrected chi connectivity index (χ2v) is 7.65. The molecule has 0 fully saturated rings. The molecule has 0 radical (unpaired) electrons. The van der Waals surface area contributed by atoms with Crippen LogP contribution in [0.3, 0.4) is 0 Å². The van der Waals surface area contributed by atoms with E-state index in [-0.39, 0.29) is 10.8 Å².